The van der Waals surface area contributed by atoms with E-state index >= 15 is 0 Å². The Morgan fingerprint density at radius 3 is 2.65 bits per heavy atom. The molecule has 0 heterocycles. The first-order valence-electron chi connectivity index (χ1n) is 5.03. The van der Waals surface area contributed by atoms with Crippen LogP contribution >= 0.6 is 12.4 Å². The van der Waals surface area contributed by atoms with Gasteiger partial charge < -0.3 is 10.6 Å². The Morgan fingerprint density at radius 2 is 2.00 bits per heavy atom. The highest BCUT2D eigenvalue weighted by Crippen LogP contribution is 2.09. The van der Waals surface area contributed by atoms with Crippen molar-refractivity contribution >= 4 is 18.3 Å². The monoisotopic (exact) mass is 264 g/mol. The summed E-state index contributed by atoms with van der Waals surface area (Å²) in [6.45, 7) is 1.18. The topological polar surface area (TPSA) is 41.1 Å². The van der Waals surface area contributed by atoms with Crippen LogP contribution in [0, 0.1) is 11.6 Å². The van der Waals surface area contributed by atoms with Gasteiger partial charge in [0.2, 0.25) is 0 Å². The molecule has 1 aromatic rings. The first-order chi connectivity index (χ1) is 7.65. The molecule has 0 aliphatic carbocycles. The van der Waals surface area contributed by atoms with Crippen molar-refractivity contribution in [1.29, 1.82) is 0 Å². The molecule has 0 saturated carbocycles. The molecular formula is C11H15ClF2N2O. The van der Waals surface area contributed by atoms with Crippen molar-refractivity contribution in [2.24, 2.45) is 0 Å². The first kappa shape index (κ1) is 15.8. The molecule has 0 atom stereocenters. The molecular weight excluding hydrogens is 250 g/mol. The number of amides is 1. The van der Waals surface area contributed by atoms with Crippen molar-refractivity contribution in [3.63, 3.8) is 0 Å². The van der Waals surface area contributed by atoms with Crippen LogP contribution in [0.3, 0.4) is 0 Å². The zero-order valence-electron chi connectivity index (χ0n) is 9.43. The lowest BCUT2D eigenvalue weighted by atomic mass is 10.2. The summed E-state index contributed by atoms with van der Waals surface area (Å²) in [6, 6.07) is 2.81. The Kier molecular flexibility index (Phi) is 7.41. The van der Waals surface area contributed by atoms with Crippen LogP contribution in [-0.4, -0.2) is 26.0 Å². The Labute approximate surface area is 105 Å². The third-order valence-electron chi connectivity index (χ3n) is 2.06. The fourth-order valence-corrected chi connectivity index (χ4v) is 1.23. The molecule has 0 aliphatic heterocycles. The summed E-state index contributed by atoms with van der Waals surface area (Å²) in [5.74, 6) is -1.93. The molecule has 0 radical (unpaired) electrons. The van der Waals surface area contributed by atoms with Crippen molar-refractivity contribution < 1.29 is 13.6 Å². The molecule has 0 fully saturated rings. The molecule has 0 spiro atoms. The second kappa shape index (κ2) is 7.97. The highest BCUT2D eigenvalue weighted by atomic mass is 35.5. The van der Waals surface area contributed by atoms with Gasteiger partial charge in [-0.25, -0.2) is 8.78 Å². The summed E-state index contributed by atoms with van der Waals surface area (Å²) in [5, 5.41) is 5.43. The molecule has 6 heteroatoms. The fourth-order valence-electron chi connectivity index (χ4n) is 1.23. The van der Waals surface area contributed by atoms with E-state index in [1.165, 1.54) is 0 Å². The summed E-state index contributed by atoms with van der Waals surface area (Å²) < 4.78 is 25.9. The maximum Gasteiger partial charge on any atom is 0.254 e. The van der Waals surface area contributed by atoms with Crippen molar-refractivity contribution in [2.75, 3.05) is 20.1 Å². The molecule has 1 amide bonds. The predicted molar refractivity (Wildman–Crippen MR) is 64.5 cm³/mol. The second-order valence-corrected chi connectivity index (χ2v) is 3.34. The number of hydrogen-bond acceptors (Lipinski definition) is 2. The lowest BCUT2D eigenvalue weighted by molar-refractivity contribution is 0.0948. The Balaban J connectivity index is 0.00000256. The predicted octanol–water partition coefficient (Wildman–Crippen LogP) is 1.73. The van der Waals surface area contributed by atoms with E-state index < -0.39 is 17.5 Å². The Hall–Kier alpha value is -1.20. The zero-order valence-corrected chi connectivity index (χ0v) is 10.2. The van der Waals surface area contributed by atoms with Crippen LogP contribution in [0.2, 0.25) is 0 Å². The van der Waals surface area contributed by atoms with Crippen molar-refractivity contribution in [2.45, 2.75) is 6.42 Å². The Morgan fingerprint density at radius 1 is 1.29 bits per heavy atom. The highest BCUT2D eigenvalue weighted by molar-refractivity contribution is 5.94. The average molecular weight is 265 g/mol. The van der Waals surface area contributed by atoms with Crippen LogP contribution in [-0.2, 0) is 0 Å². The van der Waals surface area contributed by atoms with Crippen LogP contribution in [0.25, 0.3) is 0 Å². The van der Waals surface area contributed by atoms with E-state index in [-0.39, 0.29) is 18.0 Å². The van der Waals surface area contributed by atoms with Crippen LogP contribution < -0.4 is 10.6 Å². The van der Waals surface area contributed by atoms with Crippen LogP contribution in [0.5, 0.6) is 0 Å². The smallest absolute Gasteiger partial charge is 0.254 e. The normalized spacial score (nSPS) is 9.59. The second-order valence-electron chi connectivity index (χ2n) is 3.34. The van der Waals surface area contributed by atoms with Gasteiger partial charge in [0.25, 0.3) is 5.91 Å². The van der Waals surface area contributed by atoms with Crippen molar-refractivity contribution in [3.05, 3.63) is 35.4 Å². The fraction of sp³-hybridized carbons (Fsp3) is 0.364. The molecule has 0 bridgehead atoms. The van der Waals surface area contributed by atoms with Crippen LogP contribution in [0.15, 0.2) is 18.2 Å². The minimum Gasteiger partial charge on any atom is -0.352 e. The summed E-state index contributed by atoms with van der Waals surface area (Å²) in [7, 11) is 1.80. The number of carbonyl (C=O) groups is 1. The number of halogens is 3. The molecule has 0 unspecified atom stereocenters. The van der Waals surface area contributed by atoms with Gasteiger partial charge in [0.15, 0.2) is 0 Å². The largest absolute Gasteiger partial charge is 0.352 e. The standard InChI is InChI=1S/C11H14F2N2O.ClH/c1-14-5-2-6-15-11(16)9-7-8(12)3-4-10(9)13;/h3-4,7,14H,2,5-6H2,1H3,(H,15,16);1H. The van der Waals surface area contributed by atoms with E-state index in [4.69, 9.17) is 0 Å². The molecule has 2 N–H and O–H groups in total. The van der Waals surface area contributed by atoms with E-state index in [0.29, 0.717) is 6.54 Å². The minimum atomic E-state index is -0.715. The van der Waals surface area contributed by atoms with Crippen LogP contribution in [0.1, 0.15) is 16.8 Å². The van der Waals surface area contributed by atoms with Crippen molar-refractivity contribution in [3.8, 4) is 0 Å². The molecule has 0 aliphatic rings. The maximum absolute atomic E-state index is 13.2. The SMILES string of the molecule is CNCCCNC(=O)c1cc(F)ccc1F.Cl. The average Bonchev–Trinajstić information content (AvgIpc) is 2.27. The quantitative estimate of drug-likeness (QED) is 0.796. The van der Waals surface area contributed by atoms with Crippen LogP contribution in [0.4, 0.5) is 8.78 Å². The number of benzene rings is 1. The van der Waals surface area contributed by atoms with Crippen molar-refractivity contribution in [1.82, 2.24) is 10.6 Å². The third kappa shape index (κ3) is 5.10. The number of hydrogen-bond donors (Lipinski definition) is 2. The third-order valence-corrected chi connectivity index (χ3v) is 2.06. The highest BCUT2D eigenvalue weighted by Gasteiger charge is 2.11. The van der Waals surface area contributed by atoms with E-state index in [0.717, 1.165) is 31.2 Å². The first-order valence-corrected chi connectivity index (χ1v) is 5.03. The molecule has 17 heavy (non-hydrogen) atoms. The molecule has 0 saturated heterocycles. The zero-order chi connectivity index (χ0) is 12.0. The summed E-state index contributed by atoms with van der Waals surface area (Å²) >= 11 is 0. The number of nitrogens with one attached hydrogen (secondary N) is 2. The van der Waals surface area contributed by atoms with Gasteiger partial charge in [-0.1, -0.05) is 0 Å². The van der Waals surface area contributed by atoms with E-state index in [9.17, 15) is 13.6 Å². The van der Waals surface area contributed by atoms with Gasteiger partial charge in [-0.2, -0.15) is 0 Å². The molecule has 3 nitrogen and oxygen atoms in total. The summed E-state index contributed by atoms with van der Waals surface area (Å²) in [6.07, 6.45) is 0.735. The molecule has 0 aromatic heterocycles. The summed E-state index contributed by atoms with van der Waals surface area (Å²) in [4.78, 5) is 11.4. The molecule has 1 aromatic carbocycles. The van der Waals surface area contributed by atoms with Gasteiger partial charge in [0.05, 0.1) is 5.56 Å². The van der Waals surface area contributed by atoms with Gasteiger partial charge in [-0.15, -0.1) is 12.4 Å². The minimum absolute atomic E-state index is 0. The Bertz CT molecular complexity index is 374. The summed E-state index contributed by atoms with van der Waals surface area (Å²) in [5.41, 5.74) is -0.260. The maximum atomic E-state index is 13.2. The lowest BCUT2D eigenvalue weighted by Crippen LogP contribution is -2.27. The lowest BCUT2D eigenvalue weighted by Gasteiger charge is -2.05. The number of rotatable bonds is 5. The van der Waals surface area contributed by atoms with Gasteiger partial charge in [0, 0.05) is 6.54 Å². The van der Waals surface area contributed by atoms with E-state index in [1.807, 2.05) is 0 Å². The van der Waals surface area contributed by atoms with E-state index in [2.05, 4.69) is 10.6 Å². The molecule has 1 rings (SSSR count). The number of carbonyl (C=O) groups excluding carboxylic acids is 1. The molecule has 96 valence electrons. The van der Waals surface area contributed by atoms with Gasteiger partial charge in [-0.3, -0.25) is 4.79 Å². The van der Waals surface area contributed by atoms with E-state index in [1.54, 1.807) is 7.05 Å². The van der Waals surface area contributed by atoms with Gasteiger partial charge in [0.1, 0.15) is 11.6 Å². The van der Waals surface area contributed by atoms with Gasteiger partial charge in [-0.05, 0) is 38.2 Å². The van der Waals surface area contributed by atoms with Gasteiger partial charge >= 0.3 is 0 Å².